The van der Waals surface area contributed by atoms with Gasteiger partial charge in [0, 0.05) is 11.1 Å². The lowest BCUT2D eigenvalue weighted by atomic mass is 9.68. The van der Waals surface area contributed by atoms with Crippen LogP contribution < -0.4 is 0 Å². The number of aromatic hydroxyl groups is 2. The minimum Gasteiger partial charge on any atom is -0.494 e. The third-order valence-electron chi connectivity index (χ3n) is 5.72. The second-order valence-corrected chi connectivity index (χ2v) is 6.64. The zero-order valence-corrected chi connectivity index (χ0v) is 11.5. The van der Waals surface area contributed by atoms with Gasteiger partial charge in [-0.3, -0.25) is 4.57 Å². The fourth-order valence-corrected chi connectivity index (χ4v) is 4.84. The first-order chi connectivity index (χ1) is 10.2. The lowest BCUT2D eigenvalue weighted by Crippen LogP contribution is -2.22. The van der Waals surface area contributed by atoms with E-state index in [1.54, 1.807) is 12.1 Å². The van der Waals surface area contributed by atoms with Crippen molar-refractivity contribution in [3.63, 3.8) is 0 Å². The lowest BCUT2D eigenvalue weighted by molar-refractivity contribution is 0.322. The Balaban J connectivity index is 1.76. The van der Waals surface area contributed by atoms with Crippen LogP contribution >= 0.6 is 0 Å². The number of halogens is 1. The molecule has 4 heteroatoms. The average Bonchev–Trinajstić information content (AvgIpc) is 3.24. The smallest absolute Gasteiger partial charge is 0.202 e. The molecule has 2 fully saturated rings. The number of fused-ring (bicyclic) bond motifs is 1. The maximum Gasteiger partial charge on any atom is 0.202 e. The first kappa shape index (κ1) is 11.7. The van der Waals surface area contributed by atoms with Crippen LogP contribution in [-0.4, -0.2) is 14.8 Å². The molecule has 0 saturated heterocycles. The van der Waals surface area contributed by atoms with Crippen molar-refractivity contribution in [3.05, 3.63) is 41.2 Å². The van der Waals surface area contributed by atoms with E-state index in [2.05, 4.69) is 0 Å². The number of hydrogen-bond acceptors (Lipinski definition) is 2. The van der Waals surface area contributed by atoms with Gasteiger partial charge in [0.2, 0.25) is 11.8 Å². The lowest BCUT2D eigenvalue weighted by Gasteiger charge is -2.35. The van der Waals surface area contributed by atoms with Crippen LogP contribution in [0.25, 0.3) is 5.69 Å². The molecule has 0 spiro atoms. The molecule has 0 unspecified atom stereocenters. The molecule has 2 aromatic rings. The van der Waals surface area contributed by atoms with E-state index < -0.39 is 0 Å². The molecular formula is C17H16FNO2. The van der Waals surface area contributed by atoms with Crippen LogP contribution in [0.4, 0.5) is 4.39 Å². The molecule has 1 aromatic heterocycles. The van der Waals surface area contributed by atoms with E-state index in [1.165, 1.54) is 23.1 Å². The SMILES string of the molecule is Oc1c2c(c(O)n1-c1cccc(F)c1)[C@@H]1CC[C@H]2[C@H]2C[C@H]21. The van der Waals surface area contributed by atoms with Gasteiger partial charge in [-0.05, 0) is 61.1 Å². The third-order valence-corrected chi connectivity index (χ3v) is 5.72. The van der Waals surface area contributed by atoms with Gasteiger partial charge >= 0.3 is 0 Å². The van der Waals surface area contributed by atoms with Crippen molar-refractivity contribution in [2.24, 2.45) is 11.8 Å². The van der Waals surface area contributed by atoms with Crippen molar-refractivity contribution in [3.8, 4) is 17.4 Å². The fourth-order valence-electron chi connectivity index (χ4n) is 4.84. The monoisotopic (exact) mass is 285 g/mol. The molecule has 4 aliphatic rings. The minimum absolute atomic E-state index is 0.105. The van der Waals surface area contributed by atoms with Gasteiger partial charge in [-0.1, -0.05) is 6.07 Å². The summed E-state index contributed by atoms with van der Waals surface area (Å²) in [5.74, 6) is 1.95. The second kappa shape index (κ2) is 3.62. The summed E-state index contributed by atoms with van der Waals surface area (Å²) >= 11 is 0. The van der Waals surface area contributed by atoms with Crippen LogP contribution in [0.1, 0.15) is 42.2 Å². The maximum atomic E-state index is 13.5. The van der Waals surface area contributed by atoms with Crippen LogP contribution in [-0.2, 0) is 0 Å². The molecule has 2 saturated carbocycles. The summed E-state index contributed by atoms with van der Waals surface area (Å²) in [5.41, 5.74) is 2.32. The van der Waals surface area contributed by atoms with Crippen molar-refractivity contribution in [2.45, 2.75) is 31.1 Å². The predicted octanol–water partition coefficient (Wildman–Crippen LogP) is 3.64. The molecule has 6 rings (SSSR count). The molecule has 0 aliphatic heterocycles. The Bertz CT molecular complexity index is 727. The number of aromatic nitrogens is 1. The summed E-state index contributed by atoms with van der Waals surface area (Å²) in [7, 11) is 0. The molecular weight excluding hydrogens is 269 g/mol. The molecule has 2 bridgehead atoms. The van der Waals surface area contributed by atoms with E-state index in [0.29, 0.717) is 29.4 Å². The van der Waals surface area contributed by atoms with Gasteiger partial charge in [0.15, 0.2) is 0 Å². The number of benzene rings is 1. The van der Waals surface area contributed by atoms with Crippen LogP contribution in [0.2, 0.25) is 0 Å². The fraction of sp³-hybridized carbons (Fsp3) is 0.412. The van der Waals surface area contributed by atoms with E-state index in [0.717, 1.165) is 24.0 Å². The summed E-state index contributed by atoms with van der Waals surface area (Å²) in [6, 6.07) is 6.00. The van der Waals surface area contributed by atoms with Gasteiger partial charge in [0.05, 0.1) is 5.69 Å². The molecule has 0 amide bonds. The highest BCUT2D eigenvalue weighted by Gasteiger charge is 2.58. The van der Waals surface area contributed by atoms with Gasteiger partial charge in [0.1, 0.15) is 5.82 Å². The first-order valence-corrected chi connectivity index (χ1v) is 7.59. The van der Waals surface area contributed by atoms with Gasteiger partial charge in [-0.15, -0.1) is 0 Å². The van der Waals surface area contributed by atoms with Gasteiger partial charge in [-0.25, -0.2) is 4.39 Å². The van der Waals surface area contributed by atoms with E-state index in [-0.39, 0.29) is 17.6 Å². The van der Waals surface area contributed by atoms with Crippen molar-refractivity contribution in [1.29, 1.82) is 0 Å². The number of hydrogen-bond donors (Lipinski definition) is 2. The Morgan fingerprint density at radius 3 is 2.19 bits per heavy atom. The second-order valence-electron chi connectivity index (χ2n) is 6.64. The summed E-state index contributed by atoms with van der Waals surface area (Å²) in [5, 5.41) is 21.3. The van der Waals surface area contributed by atoms with Crippen molar-refractivity contribution >= 4 is 0 Å². The van der Waals surface area contributed by atoms with Crippen LogP contribution in [0.3, 0.4) is 0 Å². The Morgan fingerprint density at radius 1 is 1.00 bits per heavy atom. The summed E-state index contributed by atoms with van der Waals surface area (Å²) in [6.07, 6.45) is 3.42. The summed E-state index contributed by atoms with van der Waals surface area (Å²) in [6.45, 7) is 0. The zero-order valence-electron chi connectivity index (χ0n) is 11.5. The van der Waals surface area contributed by atoms with E-state index in [1.807, 2.05) is 0 Å². The molecule has 4 atom stereocenters. The molecule has 108 valence electrons. The normalized spacial score (nSPS) is 31.9. The van der Waals surface area contributed by atoms with E-state index in [4.69, 9.17) is 0 Å². The quantitative estimate of drug-likeness (QED) is 0.840. The first-order valence-electron chi connectivity index (χ1n) is 7.59. The Hall–Kier alpha value is -1.97. The van der Waals surface area contributed by atoms with Gasteiger partial charge in [-0.2, -0.15) is 0 Å². The van der Waals surface area contributed by atoms with Crippen molar-refractivity contribution < 1.29 is 14.6 Å². The van der Waals surface area contributed by atoms with Crippen molar-refractivity contribution in [2.75, 3.05) is 0 Å². The molecule has 1 heterocycles. The summed E-state index contributed by atoms with van der Waals surface area (Å²) in [4.78, 5) is 0. The standard InChI is InChI=1S/C17H16FNO2/c18-8-2-1-3-9(6-8)19-16(20)14-10-4-5-11(13-7-12(10)13)15(14)17(19)21/h1-3,6,10-13,20-21H,4-5,7H2/t10-,11+,12+,13-. The maximum absolute atomic E-state index is 13.5. The molecule has 2 N–H and O–H groups in total. The predicted molar refractivity (Wildman–Crippen MR) is 75.4 cm³/mol. The molecule has 21 heavy (non-hydrogen) atoms. The topological polar surface area (TPSA) is 45.4 Å². The van der Waals surface area contributed by atoms with Crippen LogP contribution in [0.5, 0.6) is 11.8 Å². The van der Waals surface area contributed by atoms with E-state index in [9.17, 15) is 14.6 Å². The van der Waals surface area contributed by atoms with Gasteiger partial charge in [0.25, 0.3) is 0 Å². The zero-order chi connectivity index (χ0) is 14.3. The highest BCUT2D eigenvalue weighted by atomic mass is 19.1. The van der Waals surface area contributed by atoms with Crippen molar-refractivity contribution in [1.82, 2.24) is 4.57 Å². The average molecular weight is 285 g/mol. The van der Waals surface area contributed by atoms with Crippen LogP contribution in [0.15, 0.2) is 24.3 Å². The number of nitrogens with zero attached hydrogens (tertiary/aromatic N) is 1. The molecule has 0 radical (unpaired) electrons. The number of rotatable bonds is 1. The largest absolute Gasteiger partial charge is 0.494 e. The molecule has 1 aromatic carbocycles. The summed E-state index contributed by atoms with van der Waals surface area (Å²) < 4.78 is 14.9. The highest BCUT2D eigenvalue weighted by Crippen LogP contribution is 2.70. The Morgan fingerprint density at radius 2 is 1.62 bits per heavy atom. The van der Waals surface area contributed by atoms with E-state index >= 15 is 0 Å². The minimum atomic E-state index is -0.371. The molecule has 3 nitrogen and oxygen atoms in total. The van der Waals surface area contributed by atoms with Gasteiger partial charge < -0.3 is 10.2 Å². The Kier molecular flexibility index (Phi) is 2.01. The van der Waals surface area contributed by atoms with Crippen LogP contribution in [0, 0.1) is 17.7 Å². The third kappa shape index (κ3) is 1.33. The Labute approximate surface area is 121 Å². The molecule has 4 aliphatic carbocycles. The highest BCUT2D eigenvalue weighted by molar-refractivity contribution is 5.59.